The number of hydrogen-bond acceptors (Lipinski definition) is 2. The molecule has 0 bridgehead atoms. The van der Waals surface area contributed by atoms with Crippen molar-refractivity contribution in [3.63, 3.8) is 0 Å². The van der Waals surface area contributed by atoms with Gasteiger partial charge in [0.05, 0.1) is 5.69 Å². The minimum atomic E-state index is -0.146. The molecule has 0 radical (unpaired) electrons. The maximum absolute atomic E-state index is 14.0. The summed E-state index contributed by atoms with van der Waals surface area (Å²) < 4.78 is 14.0. The lowest BCUT2D eigenvalue weighted by Gasteiger charge is -2.32. The first-order valence-corrected chi connectivity index (χ1v) is 6.13. The summed E-state index contributed by atoms with van der Waals surface area (Å²) in [6.07, 6.45) is 0. The van der Waals surface area contributed by atoms with E-state index < -0.39 is 0 Å². The molecule has 0 aromatic heterocycles. The van der Waals surface area contributed by atoms with Crippen molar-refractivity contribution in [1.29, 1.82) is 0 Å². The van der Waals surface area contributed by atoms with E-state index in [-0.39, 0.29) is 5.82 Å². The fourth-order valence-corrected chi connectivity index (χ4v) is 1.94. The van der Waals surface area contributed by atoms with Gasteiger partial charge in [0.1, 0.15) is 5.82 Å². The van der Waals surface area contributed by atoms with Crippen LogP contribution in [0.1, 0.15) is 26.3 Å². The fraction of sp³-hybridized carbons (Fsp3) is 0.571. The summed E-state index contributed by atoms with van der Waals surface area (Å²) in [4.78, 5) is 2.03. The first-order valence-electron chi connectivity index (χ1n) is 6.13. The van der Waals surface area contributed by atoms with Crippen LogP contribution in [0.2, 0.25) is 0 Å². The zero-order valence-electron chi connectivity index (χ0n) is 11.4. The van der Waals surface area contributed by atoms with Gasteiger partial charge in [0.2, 0.25) is 0 Å². The number of rotatable bonds is 5. The molecule has 3 heteroatoms. The monoisotopic (exact) mass is 238 g/mol. The second kappa shape index (κ2) is 6.01. The van der Waals surface area contributed by atoms with E-state index in [1.54, 1.807) is 6.07 Å². The number of anilines is 1. The number of nitrogens with zero attached hydrogens (tertiary/aromatic N) is 1. The first-order chi connectivity index (χ1) is 7.99. The molecule has 0 aliphatic heterocycles. The molecule has 0 spiro atoms. The first kappa shape index (κ1) is 14.0. The Kier molecular flexibility index (Phi) is 4.94. The summed E-state index contributed by atoms with van der Waals surface area (Å²) >= 11 is 0. The molecular weight excluding hydrogens is 215 g/mol. The third-order valence-electron chi connectivity index (χ3n) is 3.37. The van der Waals surface area contributed by atoms with Gasteiger partial charge in [-0.15, -0.1) is 0 Å². The average molecular weight is 238 g/mol. The Morgan fingerprint density at radius 3 is 2.47 bits per heavy atom. The molecule has 0 aliphatic rings. The van der Waals surface area contributed by atoms with Gasteiger partial charge in [0, 0.05) is 19.6 Å². The summed E-state index contributed by atoms with van der Waals surface area (Å²) in [5.41, 5.74) is 1.71. The molecule has 0 heterocycles. The topological polar surface area (TPSA) is 15.3 Å². The summed E-state index contributed by atoms with van der Waals surface area (Å²) in [5, 5.41) is 3.08. The van der Waals surface area contributed by atoms with Gasteiger partial charge in [0.15, 0.2) is 0 Å². The number of para-hydroxylation sites is 1. The van der Waals surface area contributed by atoms with Gasteiger partial charge < -0.3 is 10.2 Å². The van der Waals surface area contributed by atoms with Crippen LogP contribution in [0, 0.1) is 11.7 Å². The molecule has 1 aromatic carbocycles. The molecule has 96 valence electrons. The van der Waals surface area contributed by atoms with Crippen LogP contribution in [0.3, 0.4) is 0 Å². The van der Waals surface area contributed by atoms with E-state index >= 15 is 0 Å². The molecule has 0 amide bonds. The Morgan fingerprint density at radius 1 is 1.29 bits per heavy atom. The SMILES string of the molecule is CNCc1cccc(F)c1N(C)C(C)C(C)C. The van der Waals surface area contributed by atoms with E-state index in [2.05, 4.69) is 26.1 Å². The Bertz CT molecular complexity index is 363. The third kappa shape index (κ3) is 3.19. The van der Waals surface area contributed by atoms with Crippen LogP contribution in [-0.4, -0.2) is 20.1 Å². The lowest BCUT2D eigenvalue weighted by atomic mass is 10.0. The van der Waals surface area contributed by atoms with Crippen LogP contribution in [0.5, 0.6) is 0 Å². The van der Waals surface area contributed by atoms with Crippen molar-refractivity contribution in [3.8, 4) is 0 Å². The minimum absolute atomic E-state index is 0.146. The van der Waals surface area contributed by atoms with E-state index in [1.165, 1.54) is 6.07 Å². The van der Waals surface area contributed by atoms with Gasteiger partial charge >= 0.3 is 0 Å². The van der Waals surface area contributed by atoms with Crippen molar-refractivity contribution in [2.24, 2.45) is 5.92 Å². The van der Waals surface area contributed by atoms with Crippen LogP contribution in [0.15, 0.2) is 18.2 Å². The smallest absolute Gasteiger partial charge is 0.146 e. The average Bonchev–Trinajstić information content (AvgIpc) is 2.28. The van der Waals surface area contributed by atoms with Crippen molar-refractivity contribution in [3.05, 3.63) is 29.6 Å². The molecule has 0 aliphatic carbocycles. The molecule has 0 saturated carbocycles. The van der Waals surface area contributed by atoms with Gasteiger partial charge in [-0.05, 0) is 31.5 Å². The predicted molar refractivity (Wildman–Crippen MR) is 71.9 cm³/mol. The second-order valence-corrected chi connectivity index (χ2v) is 4.87. The van der Waals surface area contributed by atoms with Crippen LogP contribution >= 0.6 is 0 Å². The maximum Gasteiger partial charge on any atom is 0.146 e. The summed E-state index contributed by atoms with van der Waals surface area (Å²) in [7, 11) is 3.84. The number of halogens is 1. The summed E-state index contributed by atoms with van der Waals surface area (Å²) in [5.74, 6) is 0.342. The lowest BCUT2D eigenvalue weighted by molar-refractivity contribution is 0.495. The Morgan fingerprint density at radius 2 is 1.94 bits per heavy atom. The highest BCUT2D eigenvalue weighted by atomic mass is 19.1. The van der Waals surface area contributed by atoms with Crippen LogP contribution in [-0.2, 0) is 6.54 Å². The molecule has 2 nitrogen and oxygen atoms in total. The van der Waals surface area contributed by atoms with E-state index in [1.807, 2.05) is 25.1 Å². The van der Waals surface area contributed by atoms with Gasteiger partial charge in [-0.2, -0.15) is 0 Å². The minimum Gasteiger partial charge on any atom is -0.369 e. The van der Waals surface area contributed by atoms with Crippen LogP contribution in [0.25, 0.3) is 0 Å². The van der Waals surface area contributed by atoms with Crippen molar-refractivity contribution >= 4 is 5.69 Å². The van der Waals surface area contributed by atoms with E-state index in [4.69, 9.17) is 0 Å². The zero-order valence-corrected chi connectivity index (χ0v) is 11.4. The third-order valence-corrected chi connectivity index (χ3v) is 3.37. The molecule has 17 heavy (non-hydrogen) atoms. The van der Waals surface area contributed by atoms with Gasteiger partial charge in [0.25, 0.3) is 0 Å². The molecule has 1 atom stereocenters. The van der Waals surface area contributed by atoms with Crippen molar-refractivity contribution in [1.82, 2.24) is 5.32 Å². The molecule has 0 fully saturated rings. The van der Waals surface area contributed by atoms with Gasteiger partial charge in [-0.3, -0.25) is 0 Å². The van der Waals surface area contributed by atoms with Crippen molar-refractivity contribution < 1.29 is 4.39 Å². The molecular formula is C14H23FN2. The van der Waals surface area contributed by atoms with Crippen molar-refractivity contribution in [2.75, 3.05) is 19.0 Å². The number of nitrogens with one attached hydrogen (secondary N) is 1. The molecule has 0 saturated heterocycles. The number of hydrogen-bond donors (Lipinski definition) is 1. The van der Waals surface area contributed by atoms with E-state index in [0.717, 1.165) is 5.56 Å². The standard InChI is InChI=1S/C14H23FN2/c1-10(2)11(3)17(5)14-12(9-16-4)7-6-8-13(14)15/h6-8,10-11,16H,9H2,1-5H3. The fourth-order valence-electron chi connectivity index (χ4n) is 1.94. The molecule has 1 rings (SSSR count). The largest absolute Gasteiger partial charge is 0.369 e. The normalized spacial score (nSPS) is 12.9. The van der Waals surface area contributed by atoms with E-state index in [9.17, 15) is 4.39 Å². The molecule has 1 N–H and O–H groups in total. The van der Waals surface area contributed by atoms with Crippen LogP contribution in [0.4, 0.5) is 10.1 Å². The Balaban J connectivity index is 3.10. The summed E-state index contributed by atoms with van der Waals surface area (Å²) in [6.45, 7) is 7.11. The summed E-state index contributed by atoms with van der Waals surface area (Å²) in [6, 6.07) is 5.57. The highest BCUT2D eigenvalue weighted by molar-refractivity contribution is 5.55. The molecule has 1 unspecified atom stereocenters. The van der Waals surface area contributed by atoms with E-state index in [0.29, 0.717) is 24.2 Å². The number of benzene rings is 1. The maximum atomic E-state index is 14.0. The highest BCUT2D eigenvalue weighted by Gasteiger charge is 2.19. The van der Waals surface area contributed by atoms with Gasteiger partial charge in [-0.25, -0.2) is 4.39 Å². The quantitative estimate of drug-likeness (QED) is 0.848. The Hall–Kier alpha value is -1.09. The predicted octanol–water partition coefficient (Wildman–Crippen LogP) is 3.03. The highest BCUT2D eigenvalue weighted by Crippen LogP contribution is 2.26. The second-order valence-electron chi connectivity index (χ2n) is 4.87. The Labute approximate surface area is 104 Å². The molecule has 1 aromatic rings. The van der Waals surface area contributed by atoms with Crippen molar-refractivity contribution in [2.45, 2.75) is 33.4 Å². The zero-order chi connectivity index (χ0) is 13.0. The van der Waals surface area contributed by atoms with Gasteiger partial charge in [-0.1, -0.05) is 26.0 Å². The van der Waals surface area contributed by atoms with Crippen LogP contribution < -0.4 is 10.2 Å². The lowest BCUT2D eigenvalue weighted by Crippen LogP contribution is -2.34.